The molecule has 1 aliphatic carbocycles. The Hall–Kier alpha value is -3.04. The van der Waals surface area contributed by atoms with Gasteiger partial charge in [-0.1, -0.05) is 53.5 Å². The van der Waals surface area contributed by atoms with Crippen LogP contribution in [0, 0.1) is 19.7 Å². The number of imidazole rings is 1. The molecule has 1 aliphatic rings. The first-order valence-corrected chi connectivity index (χ1v) is 11.9. The minimum absolute atomic E-state index is 0.0124. The van der Waals surface area contributed by atoms with Crippen molar-refractivity contribution in [1.82, 2.24) is 14.9 Å². The van der Waals surface area contributed by atoms with Crippen LogP contribution in [0.1, 0.15) is 35.8 Å². The smallest absolute Gasteiger partial charge is 0.252 e. The van der Waals surface area contributed by atoms with Crippen molar-refractivity contribution in [2.45, 2.75) is 51.2 Å². The molecule has 1 unspecified atom stereocenters. The minimum atomic E-state index is -2.84. The third kappa shape index (κ3) is 5.37. The minimum Gasteiger partial charge on any atom is -0.351 e. The highest BCUT2D eigenvalue weighted by Gasteiger charge is 2.47. The Balaban J connectivity index is 1.79. The third-order valence-corrected chi connectivity index (χ3v) is 6.88. The number of aromatic nitrogens is 2. The van der Waals surface area contributed by atoms with Crippen molar-refractivity contribution in [2.24, 2.45) is 0 Å². The molecular weight excluding hydrogens is 516 g/mol. The first-order valence-electron chi connectivity index (χ1n) is 11.2. The standard InChI is InChI=1S/C25H23Cl2F3N4O2/c1-14-6-3-4-9-19(14)21(24(36)32-17-11-25(29,30)12-17)34(18-8-5-7-16(28)10-18)20(35)13-33-15(2)31-22(26)23(33)27/h3-10,17,21H,11-13H2,1-2H3,(H,32,36). The van der Waals surface area contributed by atoms with Crippen LogP contribution in [0.25, 0.3) is 0 Å². The summed E-state index contributed by atoms with van der Waals surface area (Å²) in [5.41, 5.74) is 1.26. The largest absolute Gasteiger partial charge is 0.351 e. The lowest BCUT2D eigenvalue weighted by molar-refractivity contribution is -0.132. The third-order valence-electron chi connectivity index (χ3n) is 6.13. The van der Waals surface area contributed by atoms with Crippen molar-refractivity contribution >= 4 is 40.7 Å². The van der Waals surface area contributed by atoms with Crippen molar-refractivity contribution in [1.29, 1.82) is 0 Å². The summed E-state index contributed by atoms with van der Waals surface area (Å²) in [4.78, 5) is 32.6. The summed E-state index contributed by atoms with van der Waals surface area (Å²) in [7, 11) is 0. The van der Waals surface area contributed by atoms with Crippen LogP contribution in [0.5, 0.6) is 0 Å². The molecule has 1 N–H and O–H groups in total. The molecule has 0 spiro atoms. The number of benzene rings is 2. The zero-order valence-electron chi connectivity index (χ0n) is 19.4. The van der Waals surface area contributed by atoms with Gasteiger partial charge < -0.3 is 9.88 Å². The van der Waals surface area contributed by atoms with Gasteiger partial charge >= 0.3 is 0 Å². The number of nitrogens with one attached hydrogen (secondary N) is 1. The van der Waals surface area contributed by atoms with Crippen LogP contribution in [0.3, 0.4) is 0 Å². The van der Waals surface area contributed by atoms with Gasteiger partial charge in [0.25, 0.3) is 5.92 Å². The molecule has 190 valence electrons. The number of hydrogen-bond acceptors (Lipinski definition) is 3. The number of carbonyl (C=O) groups is 2. The highest BCUT2D eigenvalue weighted by molar-refractivity contribution is 6.40. The Morgan fingerprint density at radius 3 is 2.44 bits per heavy atom. The maximum absolute atomic E-state index is 14.3. The van der Waals surface area contributed by atoms with Gasteiger partial charge in [-0.05, 0) is 43.2 Å². The molecule has 2 amide bonds. The Morgan fingerprint density at radius 1 is 1.17 bits per heavy atom. The number of carbonyl (C=O) groups excluding carboxylic acids is 2. The van der Waals surface area contributed by atoms with Crippen LogP contribution in [0.4, 0.5) is 18.9 Å². The molecule has 1 aromatic heterocycles. The van der Waals surface area contributed by atoms with Crippen molar-refractivity contribution < 1.29 is 22.8 Å². The maximum atomic E-state index is 14.3. The summed E-state index contributed by atoms with van der Waals surface area (Å²) >= 11 is 12.2. The fourth-order valence-corrected chi connectivity index (χ4v) is 4.74. The molecule has 0 radical (unpaired) electrons. The quantitative estimate of drug-likeness (QED) is 0.423. The Morgan fingerprint density at radius 2 is 1.86 bits per heavy atom. The van der Waals surface area contributed by atoms with Crippen molar-refractivity contribution in [3.05, 3.63) is 81.6 Å². The first kappa shape index (κ1) is 26.0. The van der Waals surface area contributed by atoms with Gasteiger partial charge in [-0.3, -0.25) is 14.5 Å². The van der Waals surface area contributed by atoms with Gasteiger partial charge in [0.1, 0.15) is 29.4 Å². The monoisotopic (exact) mass is 538 g/mol. The lowest BCUT2D eigenvalue weighted by atomic mass is 9.87. The van der Waals surface area contributed by atoms with Gasteiger partial charge in [0.15, 0.2) is 5.15 Å². The zero-order valence-corrected chi connectivity index (χ0v) is 21.0. The summed E-state index contributed by atoms with van der Waals surface area (Å²) < 4.78 is 42.6. The molecule has 0 saturated heterocycles. The molecule has 1 saturated carbocycles. The molecule has 3 aromatic rings. The molecular formula is C25H23Cl2F3N4O2. The Kier molecular flexibility index (Phi) is 7.33. The number of hydrogen-bond donors (Lipinski definition) is 1. The molecule has 0 aliphatic heterocycles. The molecule has 1 heterocycles. The van der Waals surface area contributed by atoms with Crippen LogP contribution < -0.4 is 10.2 Å². The average Bonchev–Trinajstić information content (AvgIpc) is 3.02. The van der Waals surface area contributed by atoms with Gasteiger partial charge in [0.05, 0.1) is 0 Å². The van der Waals surface area contributed by atoms with Crippen LogP contribution in [0.2, 0.25) is 10.3 Å². The van der Waals surface area contributed by atoms with Gasteiger partial charge in [-0.15, -0.1) is 0 Å². The van der Waals surface area contributed by atoms with E-state index in [9.17, 15) is 22.8 Å². The van der Waals surface area contributed by atoms with E-state index < -0.39 is 48.5 Å². The number of halogens is 5. The van der Waals surface area contributed by atoms with E-state index in [1.807, 2.05) is 0 Å². The van der Waals surface area contributed by atoms with Crippen molar-refractivity contribution in [3.63, 3.8) is 0 Å². The van der Waals surface area contributed by atoms with E-state index in [0.29, 0.717) is 17.0 Å². The summed E-state index contributed by atoms with van der Waals surface area (Å²) in [5, 5.41) is 2.69. The summed E-state index contributed by atoms with van der Waals surface area (Å²) in [6.07, 6.45) is -0.981. The van der Waals surface area contributed by atoms with E-state index in [2.05, 4.69) is 10.3 Å². The number of amides is 2. The Labute approximate surface area is 216 Å². The fourth-order valence-electron chi connectivity index (χ4n) is 4.29. The van der Waals surface area contributed by atoms with E-state index in [-0.39, 0.29) is 22.5 Å². The predicted molar refractivity (Wildman–Crippen MR) is 131 cm³/mol. The van der Waals surface area contributed by atoms with E-state index in [1.165, 1.54) is 22.8 Å². The highest BCUT2D eigenvalue weighted by Crippen LogP contribution is 2.38. The fraction of sp³-hybridized carbons (Fsp3) is 0.320. The van der Waals surface area contributed by atoms with Crippen LogP contribution >= 0.6 is 23.2 Å². The molecule has 0 bridgehead atoms. The topological polar surface area (TPSA) is 67.2 Å². The molecule has 1 fully saturated rings. The second-order valence-electron chi connectivity index (χ2n) is 8.80. The second kappa shape index (κ2) is 10.1. The van der Waals surface area contributed by atoms with Crippen LogP contribution in [-0.2, 0) is 16.1 Å². The maximum Gasteiger partial charge on any atom is 0.252 e. The summed E-state index contributed by atoms with van der Waals surface area (Å²) in [6.45, 7) is 3.02. The summed E-state index contributed by atoms with van der Waals surface area (Å²) in [5.74, 6) is -4.36. The number of rotatable bonds is 7. The van der Waals surface area contributed by atoms with Crippen LogP contribution in [-0.4, -0.2) is 33.3 Å². The van der Waals surface area contributed by atoms with Gasteiger partial charge in [0, 0.05) is 24.6 Å². The van der Waals surface area contributed by atoms with Gasteiger partial charge in [-0.25, -0.2) is 18.2 Å². The number of aryl methyl sites for hydroxylation is 2. The van der Waals surface area contributed by atoms with Gasteiger partial charge in [0.2, 0.25) is 11.8 Å². The average molecular weight is 539 g/mol. The molecule has 1 atom stereocenters. The van der Waals surface area contributed by atoms with E-state index in [4.69, 9.17) is 23.2 Å². The van der Waals surface area contributed by atoms with E-state index >= 15 is 0 Å². The Bertz CT molecular complexity index is 1310. The first-order chi connectivity index (χ1) is 17.0. The molecule has 36 heavy (non-hydrogen) atoms. The van der Waals surface area contributed by atoms with Crippen LogP contribution in [0.15, 0.2) is 48.5 Å². The molecule has 4 rings (SSSR count). The van der Waals surface area contributed by atoms with Crippen molar-refractivity contribution in [2.75, 3.05) is 4.90 Å². The van der Waals surface area contributed by atoms with E-state index in [0.717, 1.165) is 11.0 Å². The molecule has 11 heteroatoms. The molecule has 6 nitrogen and oxygen atoms in total. The normalized spacial score (nSPS) is 15.8. The SMILES string of the molecule is Cc1ccccc1C(C(=O)NC1CC(F)(F)C1)N(C(=O)Cn1c(C)nc(Cl)c1Cl)c1cccc(F)c1. The zero-order chi connectivity index (χ0) is 26.2. The van der Waals surface area contributed by atoms with E-state index in [1.54, 1.807) is 38.1 Å². The lowest BCUT2D eigenvalue weighted by Gasteiger charge is -2.38. The lowest BCUT2D eigenvalue weighted by Crippen LogP contribution is -2.54. The summed E-state index contributed by atoms with van der Waals surface area (Å²) in [6, 6.07) is 10.1. The number of nitrogens with zero attached hydrogens (tertiary/aromatic N) is 3. The number of anilines is 1. The second-order valence-corrected chi connectivity index (χ2v) is 9.52. The molecule has 2 aromatic carbocycles. The highest BCUT2D eigenvalue weighted by atomic mass is 35.5. The van der Waals surface area contributed by atoms with Gasteiger partial charge in [-0.2, -0.15) is 0 Å². The number of alkyl halides is 2. The predicted octanol–water partition coefficient (Wildman–Crippen LogP) is 5.63. The van der Waals surface area contributed by atoms with Crippen molar-refractivity contribution in [3.8, 4) is 0 Å².